The maximum atomic E-state index is 9.27. The summed E-state index contributed by atoms with van der Waals surface area (Å²) < 4.78 is 11.3. The van der Waals surface area contributed by atoms with Crippen LogP contribution >= 0.6 is 0 Å². The van der Waals surface area contributed by atoms with E-state index in [4.69, 9.17) is 9.47 Å². The van der Waals surface area contributed by atoms with Crippen LogP contribution in [-0.2, 0) is 9.47 Å². The van der Waals surface area contributed by atoms with Crippen molar-refractivity contribution in [2.75, 3.05) is 26.9 Å². The van der Waals surface area contributed by atoms with Crippen LogP contribution in [0.15, 0.2) is 0 Å². The molecule has 1 saturated carbocycles. The van der Waals surface area contributed by atoms with E-state index in [1.807, 2.05) is 0 Å². The summed E-state index contributed by atoms with van der Waals surface area (Å²) in [5.41, 5.74) is 0.216. The third kappa shape index (κ3) is 3.67. The van der Waals surface area contributed by atoms with Crippen LogP contribution in [0.3, 0.4) is 0 Å². The van der Waals surface area contributed by atoms with Crippen LogP contribution in [0.1, 0.15) is 44.9 Å². The van der Waals surface area contributed by atoms with Gasteiger partial charge in [-0.2, -0.15) is 0 Å². The maximum Gasteiger partial charge on any atom is 0.0708 e. The fraction of sp³-hybridized carbons (Fsp3) is 1.00. The van der Waals surface area contributed by atoms with E-state index in [2.05, 4.69) is 5.32 Å². The lowest BCUT2D eigenvalue weighted by Crippen LogP contribution is -2.39. The van der Waals surface area contributed by atoms with Gasteiger partial charge >= 0.3 is 0 Å². The Morgan fingerprint density at radius 1 is 1.39 bits per heavy atom. The van der Waals surface area contributed by atoms with Crippen LogP contribution in [-0.4, -0.2) is 49.7 Å². The van der Waals surface area contributed by atoms with Gasteiger partial charge < -0.3 is 19.9 Å². The first kappa shape index (κ1) is 14.3. The quantitative estimate of drug-likeness (QED) is 0.725. The summed E-state index contributed by atoms with van der Waals surface area (Å²) in [6.45, 7) is 1.71. The highest BCUT2D eigenvalue weighted by Gasteiger charge is 2.41. The highest BCUT2D eigenvalue weighted by Crippen LogP contribution is 2.43. The van der Waals surface area contributed by atoms with Crippen LogP contribution in [0, 0.1) is 0 Å². The Bertz CT molecular complexity index is 241. The van der Waals surface area contributed by atoms with Crippen LogP contribution < -0.4 is 5.32 Å². The van der Waals surface area contributed by atoms with Crippen molar-refractivity contribution in [1.29, 1.82) is 0 Å². The zero-order valence-electron chi connectivity index (χ0n) is 11.5. The summed E-state index contributed by atoms with van der Waals surface area (Å²) in [7, 11) is 1.69. The first-order valence-corrected chi connectivity index (χ1v) is 7.29. The number of aliphatic hydroxyl groups excluding tert-OH is 1. The van der Waals surface area contributed by atoms with Gasteiger partial charge in [-0.3, -0.25) is 0 Å². The van der Waals surface area contributed by atoms with Gasteiger partial charge in [0, 0.05) is 26.3 Å². The number of hydrogen-bond donors (Lipinski definition) is 2. The fourth-order valence-corrected chi connectivity index (χ4v) is 3.24. The Hall–Kier alpha value is -0.160. The molecule has 0 amide bonds. The molecule has 106 valence electrons. The molecule has 2 atom stereocenters. The van der Waals surface area contributed by atoms with Gasteiger partial charge in [-0.15, -0.1) is 0 Å². The van der Waals surface area contributed by atoms with Crippen molar-refractivity contribution in [3.05, 3.63) is 0 Å². The van der Waals surface area contributed by atoms with Gasteiger partial charge in [0.15, 0.2) is 0 Å². The third-order valence-corrected chi connectivity index (χ3v) is 4.38. The van der Waals surface area contributed by atoms with Gasteiger partial charge in [0.1, 0.15) is 0 Å². The van der Waals surface area contributed by atoms with E-state index in [0.29, 0.717) is 12.7 Å². The Labute approximate surface area is 110 Å². The minimum absolute atomic E-state index is 0.133. The average molecular weight is 257 g/mol. The standard InChI is InChI=1S/C14H27NO3/c1-17-9-5-12(11-16)15-10-13-4-8-14(18-13)6-2-3-7-14/h12-13,15-16H,2-11H2,1H3. The predicted octanol–water partition coefficient (Wildman–Crippen LogP) is 1.47. The molecule has 2 N–H and O–H groups in total. The van der Waals surface area contributed by atoms with Crippen molar-refractivity contribution in [2.45, 2.75) is 62.7 Å². The van der Waals surface area contributed by atoms with Gasteiger partial charge in [0.2, 0.25) is 0 Å². The van der Waals surface area contributed by atoms with Crippen molar-refractivity contribution >= 4 is 0 Å². The van der Waals surface area contributed by atoms with E-state index in [1.165, 1.54) is 32.1 Å². The lowest BCUT2D eigenvalue weighted by Gasteiger charge is -2.25. The first-order chi connectivity index (χ1) is 8.78. The van der Waals surface area contributed by atoms with E-state index < -0.39 is 0 Å². The zero-order chi connectivity index (χ0) is 12.8. The molecule has 1 heterocycles. The fourth-order valence-electron chi connectivity index (χ4n) is 3.24. The van der Waals surface area contributed by atoms with Crippen molar-refractivity contribution in [1.82, 2.24) is 5.32 Å². The number of rotatable bonds is 7. The molecule has 0 bridgehead atoms. The molecule has 1 aliphatic heterocycles. The first-order valence-electron chi connectivity index (χ1n) is 7.29. The molecule has 0 aromatic rings. The molecule has 2 aliphatic rings. The zero-order valence-corrected chi connectivity index (χ0v) is 11.5. The van der Waals surface area contributed by atoms with Crippen LogP contribution in [0.4, 0.5) is 0 Å². The topological polar surface area (TPSA) is 50.7 Å². The molecule has 4 nitrogen and oxygen atoms in total. The molecule has 0 aromatic heterocycles. The second-order valence-corrected chi connectivity index (χ2v) is 5.74. The summed E-state index contributed by atoms with van der Waals surface area (Å²) in [6, 6.07) is 0.133. The van der Waals surface area contributed by atoms with Crippen molar-refractivity contribution in [2.24, 2.45) is 0 Å². The minimum atomic E-state index is 0.133. The maximum absolute atomic E-state index is 9.27. The smallest absolute Gasteiger partial charge is 0.0708 e. The van der Waals surface area contributed by atoms with E-state index in [-0.39, 0.29) is 18.2 Å². The summed E-state index contributed by atoms with van der Waals surface area (Å²) >= 11 is 0. The second-order valence-electron chi connectivity index (χ2n) is 5.74. The molecule has 1 spiro atoms. The van der Waals surface area contributed by atoms with Crippen molar-refractivity contribution in [3.8, 4) is 0 Å². The minimum Gasteiger partial charge on any atom is -0.395 e. The summed E-state index contributed by atoms with van der Waals surface area (Å²) in [4.78, 5) is 0. The molecular weight excluding hydrogens is 230 g/mol. The molecule has 1 saturated heterocycles. The molecule has 2 fully saturated rings. The van der Waals surface area contributed by atoms with E-state index in [0.717, 1.165) is 19.4 Å². The average Bonchev–Trinajstić information content (AvgIpc) is 3.01. The molecule has 1 aliphatic carbocycles. The van der Waals surface area contributed by atoms with Gasteiger partial charge in [-0.05, 0) is 32.1 Å². The number of nitrogens with one attached hydrogen (secondary N) is 1. The SMILES string of the molecule is COCCC(CO)NCC1CCC2(CCCC2)O1. The molecule has 0 aromatic carbocycles. The molecule has 0 radical (unpaired) electrons. The third-order valence-electron chi connectivity index (χ3n) is 4.38. The molecule has 4 heteroatoms. The van der Waals surface area contributed by atoms with Gasteiger partial charge in [-0.25, -0.2) is 0 Å². The van der Waals surface area contributed by atoms with E-state index >= 15 is 0 Å². The van der Waals surface area contributed by atoms with Crippen LogP contribution in [0.25, 0.3) is 0 Å². The Kier molecular flexibility index (Phi) is 5.42. The van der Waals surface area contributed by atoms with Crippen LogP contribution in [0.5, 0.6) is 0 Å². The number of hydrogen-bond acceptors (Lipinski definition) is 4. The van der Waals surface area contributed by atoms with Gasteiger partial charge in [-0.1, -0.05) is 12.8 Å². The largest absolute Gasteiger partial charge is 0.395 e. The summed E-state index contributed by atoms with van der Waals surface area (Å²) in [5, 5.41) is 12.7. The predicted molar refractivity (Wildman–Crippen MR) is 70.7 cm³/mol. The molecule has 18 heavy (non-hydrogen) atoms. The highest BCUT2D eigenvalue weighted by molar-refractivity contribution is 4.93. The highest BCUT2D eigenvalue weighted by atomic mass is 16.5. The van der Waals surface area contributed by atoms with Gasteiger partial charge in [0.05, 0.1) is 18.3 Å². The van der Waals surface area contributed by atoms with E-state index in [9.17, 15) is 5.11 Å². The summed E-state index contributed by atoms with van der Waals surface area (Å²) in [5.74, 6) is 0. The summed E-state index contributed by atoms with van der Waals surface area (Å²) in [6.07, 6.45) is 8.72. The lowest BCUT2D eigenvalue weighted by atomic mass is 9.98. The number of aliphatic hydroxyl groups is 1. The van der Waals surface area contributed by atoms with Crippen LogP contribution in [0.2, 0.25) is 0 Å². The Morgan fingerprint density at radius 2 is 2.17 bits per heavy atom. The van der Waals surface area contributed by atoms with Gasteiger partial charge in [0.25, 0.3) is 0 Å². The normalized spacial score (nSPS) is 28.0. The van der Waals surface area contributed by atoms with Crippen molar-refractivity contribution < 1.29 is 14.6 Å². The molecule has 2 rings (SSSR count). The monoisotopic (exact) mass is 257 g/mol. The molecular formula is C14H27NO3. The Morgan fingerprint density at radius 3 is 2.83 bits per heavy atom. The molecule has 2 unspecified atom stereocenters. The number of methoxy groups -OCH3 is 1. The Balaban J connectivity index is 1.67. The second kappa shape index (κ2) is 6.85. The lowest BCUT2D eigenvalue weighted by molar-refractivity contribution is -0.0366. The van der Waals surface area contributed by atoms with Crippen molar-refractivity contribution in [3.63, 3.8) is 0 Å². The van der Waals surface area contributed by atoms with E-state index in [1.54, 1.807) is 7.11 Å². The number of ether oxygens (including phenoxy) is 2.